The highest BCUT2D eigenvalue weighted by Crippen LogP contribution is 2.45. The highest BCUT2D eigenvalue weighted by atomic mass is 15.1. The van der Waals surface area contributed by atoms with Crippen molar-refractivity contribution in [3.63, 3.8) is 0 Å². The molecule has 0 saturated heterocycles. The molecule has 0 atom stereocenters. The van der Waals surface area contributed by atoms with Gasteiger partial charge in [-0.1, -0.05) is 72.8 Å². The Labute approximate surface area is 209 Å². The van der Waals surface area contributed by atoms with Gasteiger partial charge in [-0.05, 0) is 60.0 Å². The van der Waals surface area contributed by atoms with Gasteiger partial charge in [-0.25, -0.2) is 4.85 Å². The van der Waals surface area contributed by atoms with E-state index in [2.05, 4.69) is 111 Å². The molecule has 0 bridgehead atoms. The van der Waals surface area contributed by atoms with E-state index >= 15 is 0 Å². The summed E-state index contributed by atoms with van der Waals surface area (Å²) in [5, 5.41) is 4.99. The summed E-state index contributed by atoms with van der Waals surface area (Å²) in [7, 11) is 0. The number of hydrogen-bond donors (Lipinski definition) is 0. The van der Waals surface area contributed by atoms with Crippen LogP contribution >= 0.6 is 0 Å². The monoisotopic (exact) mass is 459 g/mol. The minimum atomic E-state index is 0.638. The van der Waals surface area contributed by atoms with Crippen molar-refractivity contribution in [1.29, 1.82) is 0 Å². The predicted molar refractivity (Wildman–Crippen MR) is 150 cm³/mol. The molecule has 3 heteroatoms. The highest BCUT2D eigenvalue weighted by molar-refractivity contribution is 6.26. The molecule has 7 rings (SSSR count). The molecule has 168 valence electrons. The predicted octanol–water partition coefficient (Wildman–Crippen LogP) is 9.40. The molecule has 36 heavy (non-hydrogen) atoms. The van der Waals surface area contributed by atoms with Gasteiger partial charge in [-0.2, -0.15) is 0 Å². The first-order valence-electron chi connectivity index (χ1n) is 12.0. The number of nitrogens with zero attached hydrogens (tertiary/aromatic N) is 3. The molecule has 6 aromatic carbocycles. The Balaban J connectivity index is 1.57. The van der Waals surface area contributed by atoms with Crippen LogP contribution in [0.3, 0.4) is 0 Å². The SMILES string of the molecule is [C-]#[N+]c1ccc(N(c2ccccc2)c2ccc3c4c2ccc2cccc(c24)n3-c2ccccc2)cc1. The van der Waals surface area contributed by atoms with Gasteiger partial charge in [0, 0.05) is 33.2 Å². The lowest BCUT2D eigenvalue weighted by Gasteiger charge is -2.27. The maximum atomic E-state index is 7.36. The second-order valence-electron chi connectivity index (χ2n) is 8.94. The smallest absolute Gasteiger partial charge is 0.187 e. The van der Waals surface area contributed by atoms with Crippen LogP contribution in [0.5, 0.6) is 0 Å². The molecule has 1 aromatic heterocycles. The molecule has 7 aromatic rings. The summed E-state index contributed by atoms with van der Waals surface area (Å²) in [5.74, 6) is 0. The van der Waals surface area contributed by atoms with Crippen LogP contribution in [-0.2, 0) is 0 Å². The zero-order chi connectivity index (χ0) is 24.1. The van der Waals surface area contributed by atoms with Gasteiger partial charge in [0.1, 0.15) is 0 Å². The van der Waals surface area contributed by atoms with E-state index in [1.54, 1.807) is 0 Å². The second-order valence-corrected chi connectivity index (χ2v) is 8.94. The fourth-order valence-electron chi connectivity index (χ4n) is 5.40. The maximum Gasteiger partial charge on any atom is 0.187 e. The summed E-state index contributed by atoms with van der Waals surface area (Å²) < 4.78 is 2.37. The van der Waals surface area contributed by atoms with Gasteiger partial charge in [0.15, 0.2) is 5.69 Å². The van der Waals surface area contributed by atoms with E-state index in [0.29, 0.717) is 5.69 Å². The lowest BCUT2D eigenvalue weighted by molar-refractivity contribution is 1.18. The molecule has 0 aliphatic heterocycles. The minimum absolute atomic E-state index is 0.638. The second kappa shape index (κ2) is 8.01. The average Bonchev–Trinajstić information content (AvgIpc) is 3.29. The van der Waals surface area contributed by atoms with Gasteiger partial charge in [0.2, 0.25) is 0 Å². The molecular weight excluding hydrogens is 438 g/mol. The third-order valence-electron chi connectivity index (χ3n) is 6.94. The van der Waals surface area contributed by atoms with Crippen molar-refractivity contribution < 1.29 is 0 Å². The average molecular weight is 460 g/mol. The van der Waals surface area contributed by atoms with E-state index in [1.807, 2.05) is 30.3 Å². The van der Waals surface area contributed by atoms with E-state index < -0.39 is 0 Å². The van der Waals surface area contributed by atoms with E-state index in [0.717, 1.165) is 22.7 Å². The van der Waals surface area contributed by atoms with Crippen molar-refractivity contribution in [2.75, 3.05) is 4.90 Å². The zero-order valence-corrected chi connectivity index (χ0v) is 19.5. The van der Waals surface area contributed by atoms with Gasteiger partial charge in [-0.3, -0.25) is 0 Å². The Morgan fingerprint density at radius 1 is 0.556 bits per heavy atom. The van der Waals surface area contributed by atoms with E-state index in [-0.39, 0.29) is 0 Å². The zero-order valence-electron chi connectivity index (χ0n) is 19.5. The van der Waals surface area contributed by atoms with Crippen molar-refractivity contribution in [3.8, 4) is 5.69 Å². The highest BCUT2D eigenvalue weighted by Gasteiger charge is 2.21. The van der Waals surface area contributed by atoms with Crippen molar-refractivity contribution in [2.24, 2.45) is 0 Å². The minimum Gasteiger partial charge on any atom is -0.310 e. The number of benzene rings is 6. The van der Waals surface area contributed by atoms with Crippen LogP contribution in [0, 0.1) is 6.57 Å². The molecule has 0 N–H and O–H groups in total. The Hall–Kier alpha value is -5.07. The molecule has 0 fully saturated rings. The number of para-hydroxylation sites is 2. The molecule has 0 unspecified atom stereocenters. The van der Waals surface area contributed by atoms with Crippen LogP contribution in [-0.4, -0.2) is 4.57 Å². The fourth-order valence-corrected chi connectivity index (χ4v) is 5.40. The number of rotatable bonds is 4. The molecule has 0 aliphatic rings. The first kappa shape index (κ1) is 20.3. The van der Waals surface area contributed by atoms with Crippen LogP contribution in [0.4, 0.5) is 22.7 Å². The molecule has 0 radical (unpaired) electrons. The summed E-state index contributed by atoms with van der Waals surface area (Å²) in [5.41, 5.74) is 7.42. The standard InChI is InChI=1S/C33H21N3/c1-34-24-16-18-27(19-17-24)35(25-10-4-2-5-11-25)29-21-22-31-33-28(29)20-15-23-9-8-14-30(32(23)33)36(31)26-12-6-3-7-13-26/h2-22H. The molecule has 1 heterocycles. The first-order chi connectivity index (χ1) is 17.8. The first-order valence-corrected chi connectivity index (χ1v) is 12.0. The van der Waals surface area contributed by atoms with Crippen LogP contribution in [0.1, 0.15) is 0 Å². The van der Waals surface area contributed by atoms with Gasteiger partial charge in [0.05, 0.1) is 23.3 Å². The van der Waals surface area contributed by atoms with Crippen LogP contribution in [0.25, 0.3) is 43.1 Å². The Morgan fingerprint density at radius 3 is 2.00 bits per heavy atom. The lowest BCUT2D eigenvalue weighted by Crippen LogP contribution is -2.10. The topological polar surface area (TPSA) is 12.5 Å². The van der Waals surface area contributed by atoms with Crippen molar-refractivity contribution >= 4 is 55.3 Å². The van der Waals surface area contributed by atoms with Crippen molar-refractivity contribution in [2.45, 2.75) is 0 Å². The normalized spacial score (nSPS) is 11.3. The summed E-state index contributed by atoms with van der Waals surface area (Å²) in [6.45, 7) is 7.36. The molecular formula is C33H21N3. The van der Waals surface area contributed by atoms with Crippen LogP contribution < -0.4 is 4.90 Å². The molecule has 0 amide bonds. The summed E-state index contributed by atoms with van der Waals surface area (Å²) >= 11 is 0. The maximum absolute atomic E-state index is 7.36. The Kier molecular flexibility index (Phi) is 4.52. The molecule has 0 aliphatic carbocycles. The van der Waals surface area contributed by atoms with E-state index in [4.69, 9.17) is 6.57 Å². The number of aromatic nitrogens is 1. The summed E-state index contributed by atoms with van der Waals surface area (Å²) in [4.78, 5) is 5.87. The van der Waals surface area contributed by atoms with Crippen LogP contribution in [0.15, 0.2) is 127 Å². The molecule has 3 nitrogen and oxygen atoms in total. The molecule has 0 spiro atoms. The lowest BCUT2D eigenvalue weighted by atomic mass is 10.00. The number of anilines is 3. The van der Waals surface area contributed by atoms with Gasteiger partial charge >= 0.3 is 0 Å². The Morgan fingerprint density at radius 2 is 1.25 bits per heavy atom. The van der Waals surface area contributed by atoms with Gasteiger partial charge in [-0.15, -0.1) is 0 Å². The largest absolute Gasteiger partial charge is 0.310 e. The van der Waals surface area contributed by atoms with Gasteiger partial charge in [0.25, 0.3) is 0 Å². The fraction of sp³-hybridized carbons (Fsp3) is 0. The van der Waals surface area contributed by atoms with Gasteiger partial charge < -0.3 is 9.47 Å². The van der Waals surface area contributed by atoms with Crippen LogP contribution in [0.2, 0.25) is 0 Å². The third kappa shape index (κ3) is 2.99. The number of hydrogen-bond acceptors (Lipinski definition) is 1. The van der Waals surface area contributed by atoms with E-state index in [9.17, 15) is 0 Å². The van der Waals surface area contributed by atoms with E-state index in [1.165, 1.54) is 32.6 Å². The summed E-state index contributed by atoms with van der Waals surface area (Å²) in [6.07, 6.45) is 0. The van der Waals surface area contributed by atoms with Crippen molar-refractivity contribution in [3.05, 3.63) is 139 Å². The third-order valence-corrected chi connectivity index (χ3v) is 6.94. The van der Waals surface area contributed by atoms with Crippen molar-refractivity contribution in [1.82, 2.24) is 4.57 Å². The Bertz CT molecular complexity index is 1880. The summed E-state index contributed by atoms with van der Waals surface area (Å²) in [6, 6.07) is 44.3. The molecule has 0 saturated carbocycles. The quantitative estimate of drug-likeness (QED) is 0.189.